The third-order valence-corrected chi connectivity index (χ3v) is 6.43. The first kappa shape index (κ1) is 20.8. The number of nitrogens with zero attached hydrogens (tertiary/aromatic N) is 1. The number of benzene rings is 3. The van der Waals surface area contributed by atoms with Crippen LogP contribution in [0.4, 0.5) is 11.4 Å². The molecule has 0 bridgehead atoms. The minimum atomic E-state index is 0.0485. The van der Waals surface area contributed by atoms with Gasteiger partial charge in [0.2, 0.25) is 0 Å². The van der Waals surface area contributed by atoms with Crippen molar-refractivity contribution in [2.24, 2.45) is 10.9 Å². The van der Waals surface area contributed by atoms with E-state index in [9.17, 15) is 10.2 Å². The van der Waals surface area contributed by atoms with E-state index in [0.29, 0.717) is 17.3 Å². The predicted molar refractivity (Wildman–Crippen MR) is 129 cm³/mol. The van der Waals surface area contributed by atoms with Gasteiger partial charge in [-0.2, -0.15) is 0 Å². The van der Waals surface area contributed by atoms with Crippen LogP contribution in [0.25, 0.3) is 10.8 Å². The molecular formula is C23H25N3O2S2. The Bertz CT molecular complexity index is 1130. The number of aliphatic imine (C=N–C) groups is 1. The highest BCUT2D eigenvalue weighted by molar-refractivity contribution is 7.99. The molecule has 0 aromatic heterocycles. The summed E-state index contributed by atoms with van der Waals surface area (Å²) in [5, 5.41) is 23.8. The van der Waals surface area contributed by atoms with Gasteiger partial charge in [-0.05, 0) is 54.3 Å². The summed E-state index contributed by atoms with van der Waals surface area (Å²) in [5.74, 6) is 1.12. The van der Waals surface area contributed by atoms with Gasteiger partial charge in [0.05, 0.1) is 10.6 Å². The van der Waals surface area contributed by atoms with Gasteiger partial charge in [-0.15, -0.1) is 0 Å². The van der Waals surface area contributed by atoms with E-state index in [1.54, 1.807) is 0 Å². The topological polar surface area (TPSA) is 76.9 Å². The minimum Gasteiger partial charge on any atom is -0.507 e. The molecule has 1 heterocycles. The largest absolute Gasteiger partial charge is 0.507 e. The van der Waals surface area contributed by atoms with Crippen molar-refractivity contribution in [3.05, 3.63) is 53.6 Å². The van der Waals surface area contributed by atoms with Crippen LogP contribution in [0.2, 0.25) is 0 Å². The highest BCUT2D eigenvalue weighted by Gasteiger charge is 2.25. The molecule has 0 saturated carbocycles. The van der Waals surface area contributed by atoms with Crippen LogP contribution in [0.3, 0.4) is 0 Å². The van der Waals surface area contributed by atoms with Gasteiger partial charge < -0.3 is 19.7 Å². The van der Waals surface area contributed by atoms with E-state index in [2.05, 4.69) is 23.3 Å². The average molecular weight is 440 g/mol. The molecule has 4 rings (SSSR count). The van der Waals surface area contributed by atoms with Crippen molar-refractivity contribution in [1.82, 2.24) is 4.72 Å². The Kier molecular flexibility index (Phi) is 6.01. The van der Waals surface area contributed by atoms with Crippen LogP contribution in [-0.4, -0.2) is 22.3 Å². The summed E-state index contributed by atoms with van der Waals surface area (Å²) in [6.07, 6.45) is 3.66. The van der Waals surface area contributed by atoms with Crippen LogP contribution < -0.4 is 9.44 Å². The Labute approximate surface area is 185 Å². The van der Waals surface area contributed by atoms with Crippen molar-refractivity contribution < 1.29 is 10.2 Å². The highest BCUT2D eigenvalue weighted by atomic mass is 32.2. The fourth-order valence-corrected chi connectivity index (χ4v) is 4.73. The number of phenols is 2. The van der Waals surface area contributed by atoms with Crippen molar-refractivity contribution in [3.8, 4) is 11.5 Å². The molecule has 0 amide bonds. The molecule has 3 aromatic rings. The van der Waals surface area contributed by atoms with Crippen LogP contribution in [0.5, 0.6) is 11.5 Å². The smallest absolute Gasteiger partial charge is 0.151 e. The SMILES string of the molecule is CSNc1ccc2c(c1)SNC(c1c(O)c(CCC(C)C)c3ccccc3c1O)=N2. The quantitative estimate of drug-likeness (QED) is 0.342. The number of phenolic OH excluding ortho intramolecular Hbond substituents is 2. The van der Waals surface area contributed by atoms with Crippen molar-refractivity contribution >= 4 is 51.9 Å². The van der Waals surface area contributed by atoms with Gasteiger partial charge in [0.1, 0.15) is 17.1 Å². The van der Waals surface area contributed by atoms with Gasteiger partial charge in [-0.1, -0.05) is 50.1 Å². The van der Waals surface area contributed by atoms with Crippen LogP contribution in [0, 0.1) is 5.92 Å². The minimum absolute atomic E-state index is 0.0485. The van der Waals surface area contributed by atoms with Gasteiger partial charge in [-0.3, -0.25) is 0 Å². The molecule has 5 nitrogen and oxygen atoms in total. The summed E-state index contributed by atoms with van der Waals surface area (Å²) in [6.45, 7) is 4.34. The zero-order chi connectivity index (χ0) is 21.3. The molecule has 0 atom stereocenters. The molecule has 30 heavy (non-hydrogen) atoms. The maximum atomic E-state index is 11.2. The zero-order valence-electron chi connectivity index (χ0n) is 17.2. The molecule has 1 aliphatic heterocycles. The number of anilines is 1. The molecule has 3 aromatic carbocycles. The lowest BCUT2D eigenvalue weighted by molar-refractivity contribution is 0.446. The molecule has 7 heteroatoms. The van der Waals surface area contributed by atoms with E-state index in [-0.39, 0.29) is 11.5 Å². The van der Waals surface area contributed by atoms with E-state index in [0.717, 1.165) is 45.4 Å². The zero-order valence-corrected chi connectivity index (χ0v) is 18.8. The molecule has 0 saturated heterocycles. The second-order valence-corrected chi connectivity index (χ2v) is 9.14. The maximum Gasteiger partial charge on any atom is 0.151 e. The van der Waals surface area contributed by atoms with Gasteiger partial charge >= 0.3 is 0 Å². The highest BCUT2D eigenvalue weighted by Crippen LogP contribution is 2.43. The Hall–Kier alpha value is -2.51. The third-order valence-electron chi connectivity index (χ3n) is 5.14. The van der Waals surface area contributed by atoms with Gasteiger partial charge in [0.15, 0.2) is 5.84 Å². The number of aryl methyl sites for hydroxylation is 1. The molecular weight excluding hydrogens is 414 g/mol. The Morgan fingerprint density at radius 3 is 2.60 bits per heavy atom. The van der Waals surface area contributed by atoms with Crippen LogP contribution in [0.1, 0.15) is 31.4 Å². The normalized spacial score (nSPS) is 13.1. The molecule has 0 unspecified atom stereocenters. The lowest BCUT2D eigenvalue weighted by Gasteiger charge is -2.21. The number of hydrogen-bond donors (Lipinski definition) is 4. The van der Waals surface area contributed by atoms with Gasteiger partial charge in [-0.25, -0.2) is 4.99 Å². The molecule has 4 N–H and O–H groups in total. The summed E-state index contributed by atoms with van der Waals surface area (Å²) in [4.78, 5) is 5.70. The second kappa shape index (κ2) is 8.70. The molecule has 0 radical (unpaired) electrons. The lowest BCUT2D eigenvalue weighted by atomic mass is 9.92. The van der Waals surface area contributed by atoms with Crippen molar-refractivity contribution in [1.29, 1.82) is 0 Å². The van der Waals surface area contributed by atoms with E-state index >= 15 is 0 Å². The Morgan fingerprint density at radius 2 is 1.87 bits per heavy atom. The van der Waals surface area contributed by atoms with Crippen LogP contribution in [-0.2, 0) is 6.42 Å². The summed E-state index contributed by atoms with van der Waals surface area (Å²) in [5.41, 5.74) is 3.02. The molecule has 1 aliphatic rings. The first-order chi connectivity index (χ1) is 14.5. The monoisotopic (exact) mass is 439 g/mol. The van der Waals surface area contributed by atoms with Crippen molar-refractivity contribution in [3.63, 3.8) is 0 Å². The fourth-order valence-electron chi connectivity index (χ4n) is 3.61. The summed E-state index contributed by atoms with van der Waals surface area (Å²) < 4.78 is 6.43. The maximum absolute atomic E-state index is 11.2. The van der Waals surface area contributed by atoms with Gasteiger partial charge in [0.25, 0.3) is 0 Å². The van der Waals surface area contributed by atoms with Crippen molar-refractivity contribution in [2.45, 2.75) is 31.6 Å². The number of amidine groups is 1. The predicted octanol–water partition coefficient (Wildman–Crippen LogP) is 6.22. The van der Waals surface area contributed by atoms with Crippen molar-refractivity contribution in [2.75, 3.05) is 11.0 Å². The molecule has 156 valence electrons. The Morgan fingerprint density at radius 1 is 1.10 bits per heavy atom. The summed E-state index contributed by atoms with van der Waals surface area (Å²) >= 11 is 2.96. The lowest BCUT2D eigenvalue weighted by Crippen LogP contribution is -2.20. The first-order valence-corrected chi connectivity index (χ1v) is 11.9. The number of aromatic hydroxyl groups is 2. The summed E-state index contributed by atoms with van der Waals surface area (Å²) in [6, 6.07) is 13.6. The number of nitrogens with one attached hydrogen (secondary N) is 2. The molecule has 0 aliphatic carbocycles. The van der Waals surface area contributed by atoms with Gasteiger partial charge in [0, 0.05) is 22.9 Å². The van der Waals surface area contributed by atoms with E-state index < -0.39 is 0 Å². The van der Waals surface area contributed by atoms with E-state index in [4.69, 9.17) is 4.99 Å². The average Bonchev–Trinajstić information content (AvgIpc) is 2.74. The summed E-state index contributed by atoms with van der Waals surface area (Å²) in [7, 11) is 0. The first-order valence-electron chi connectivity index (χ1n) is 9.90. The number of fused-ring (bicyclic) bond motifs is 2. The Balaban J connectivity index is 1.84. The third kappa shape index (κ3) is 3.91. The van der Waals surface area contributed by atoms with E-state index in [1.807, 2.05) is 48.7 Å². The van der Waals surface area contributed by atoms with Crippen LogP contribution in [0.15, 0.2) is 52.4 Å². The van der Waals surface area contributed by atoms with Crippen LogP contribution >= 0.6 is 23.9 Å². The second-order valence-electron chi connectivity index (χ2n) is 7.68. The van der Waals surface area contributed by atoms with E-state index in [1.165, 1.54) is 23.9 Å². The number of hydrogen-bond acceptors (Lipinski definition) is 7. The molecule has 0 fully saturated rings. The molecule has 0 spiro atoms. The standard InChI is InChI=1S/C23H25N3O2S2/c1-13(2)8-10-17-15-6-4-5-7-16(15)21(27)20(22(17)28)23-24-18-11-9-14(25-29-3)12-19(18)30-26-23/h4-7,9,11-13,25,27-28H,8,10H2,1-3H3,(H,24,26). The fraction of sp³-hybridized carbons (Fsp3) is 0.261. The number of rotatable bonds is 6.